The van der Waals surface area contributed by atoms with Gasteiger partial charge in [-0.1, -0.05) is 13.8 Å². The maximum absolute atomic E-state index is 11.9. The first kappa shape index (κ1) is 15.5. The summed E-state index contributed by atoms with van der Waals surface area (Å²) in [7, 11) is 1.54. The Labute approximate surface area is 123 Å². The van der Waals surface area contributed by atoms with Crippen LogP contribution in [0, 0.1) is 0 Å². The van der Waals surface area contributed by atoms with E-state index >= 15 is 0 Å². The fourth-order valence-corrected chi connectivity index (χ4v) is 1.95. The number of oxazole rings is 1. The van der Waals surface area contributed by atoms with Crippen molar-refractivity contribution < 1.29 is 13.9 Å². The highest BCUT2D eigenvalue weighted by molar-refractivity contribution is 5.93. The number of nitrogens with one attached hydrogen (secondary N) is 1. The number of nitrogens with two attached hydrogens (primary N) is 1. The van der Waals surface area contributed by atoms with E-state index in [9.17, 15) is 4.79 Å². The van der Waals surface area contributed by atoms with Crippen LogP contribution in [0.5, 0.6) is 0 Å². The van der Waals surface area contributed by atoms with Crippen LogP contribution in [-0.2, 0) is 9.53 Å². The highest BCUT2D eigenvalue weighted by atomic mass is 16.5. The predicted octanol–water partition coefficient (Wildman–Crippen LogP) is 2.25. The zero-order chi connectivity index (χ0) is 15.4. The van der Waals surface area contributed by atoms with Crippen molar-refractivity contribution in [3.05, 3.63) is 24.1 Å². The molecule has 1 aromatic heterocycles. The zero-order valence-electron chi connectivity index (χ0n) is 12.6. The molecular weight excluding hydrogens is 270 g/mol. The Morgan fingerprint density at radius 3 is 2.86 bits per heavy atom. The van der Waals surface area contributed by atoms with Crippen molar-refractivity contribution >= 4 is 22.7 Å². The number of carbonyl (C=O) groups excluding carboxylic acids is 1. The molecule has 1 amide bonds. The van der Waals surface area contributed by atoms with Crippen LogP contribution in [0.15, 0.2) is 22.6 Å². The van der Waals surface area contributed by atoms with E-state index in [0.717, 1.165) is 5.52 Å². The maximum Gasteiger partial charge on any atom is 0.227 e. The molecule has 3 N–H and O–H groups in total. The number of benzene rings is 1. The second kappa shape index (κ2) is 6.69. The van der Waals surface area contributed by atoms with Gasteiger partial charge in [0, 0.05) is 25.3 Å². The molecule has 0 radical (unpaired) electrons. The molecule has 1 aromatic carbocycles. The van der Waals surface area contributed by atoms with Gasteiger partial charge in [0.25, 0.3) is 0 Å². The van der Waals surface area contributed by atoms with Crippen LogP contribution in [-0.4, -0.2) is 30.6 Å². The van der Waals surface area contributed by atoms with Crippen LogP contribution in [0.3, 0.4) is 0 Å². The van der Waals surface area contributed by atoms with Gasteiger partial charge in [-0.05, 0) is 18.2 Å². The van der Waals surface area contributed by atoms with Gasteiger partial charge in [-0.15, -0.1) is 0 Å². The van der Waals surface area contributed by atoms with Gasteiger partial charge in [-0.3, -0.25) is 4.79 Å². The van der Waals surface area contributed by atoms with Gasteiger partial charge in [-0.25, -0.2) is 4.98 Å². The molecular formula is C15H21N3O3. The number of nitrogens with zero attached hydrogens (tertiary/aromatic N) is 1. The molecule has 1 heterocycles. The number of anilines is 1. The smallest absolute Gasteiger partial charge is 0.227 e. The quantitative estimate of drug-likeness (QED) is 0.852. The summed E-state index contributed by atoms with van der Waals surface area (Å²) < 4.78 is 10.7. The minimum absolute atomic E-state index is 0.140. The molecule has 2 aromatic rings. The van der Waals surface area contributed by atoms with E-state index in [1.54, 1.807) is 25.3 Å². The lowest BCUT2D eigenvalue weighted by atomic mass is 10.2. The van der Waals surface area contributed by atoms with Gasteiger partial charge in [0.2, 0.25) is 5.91 Å². The number of aromatic nitrogens is 1. The molecule has 1 unspecified atom stereocenters. The van der Waals surface area contributed by atoms with Crippen molar-refractivity contribution in [3.8, 4) is 0 Å². The van der Waals surface area contributed by atoms with E-state index in [-0.39, 0.29) is 24.3 Å². The van der Waals surface area contributed by atoms with Crippen molar-refractivity contribution in [3.63, 3.8) is 0 Å². The maximum atomic E-state index is 11.9. The van der Waals surface area contributed by atoms with Crippen LogP contribution >= 0.6 is 0 Å². The SMILES string of the molecule is COC(CN)CC(=O)Nc1ccc2oc(C(C)C)nc2c1. The Kier molecular flexibility index (Phi) is 4.93. The number of ether oxygens (including phenoxy) is 1. The minimum atomic E-state index is -0.270. The van der Waals surface area contributed by atoms with Crippen molar-refractivity contribution in [1.29, 1.82) is 0 Å². The van der Waals surface area contributed by atoms with E-state index in [4.69, 9.17) is 14.9 Å². The third-order valence-electron chi connectivity index (χ3n) is 3.19. The van der Waals surface area contributed by atoms with Crippen LogP contribution < -0.4 is 11.1 Å². The topological polar surface area (TPSA) is 90.4 Å². The van der Waals surface area contributed by atoms with E-state index in [1.165, 1.54) is 0 Å². The summed E-state index contributed by atoms with van der Waals surface area (Å²) in [6, 6.07) is 5.40. The third kappa shape index (κ3) is 3.80. The van der Waals surface area contributed by atoms with Gasteiger partial charge < -0.3 is 20.2 Å². The number of carbonyl (C=O) groups is 1. The first-order chi connectivity index (χ1) is 10.0. The Bertz CT molecular complexity index is 618. The fourth-order valence-electron chi connectivity index (χ4n) is 1.95. The highest BCUT2D eigenvalue weighted by Gasteiger charge is 2.13. The summed E-state index contributed by atoms with van der Waals surface area (Å²) in [6.07, 6.45) is -0.0468. The lowest BCUT2D eigenvalue weighted by Gasteiger charge is -2.12. The molecule has 1 atom stereocenters. The van der Waals surface area contributed by atoms with Crippen LogP contribution in [0.2, 0.25) is 0 Å². The van der Waals surface area contributed by atoms with Crippen molar-refractivity contribution in [2.24, 2.45) is 5.73 Å². The molecule has 6 nitrogen and oxygen atoms in total. The lowest BCUT2D eigenvalue weighted by molar-refractivity contribution is -0.118. The molecule has 0 spiro atoms. The molecule has 0 bridgehead atoms. The summed E-state index contributed by atoms with van der Waals surface area (Å²) in [4.78, 5) is 16.3. The summed E-state index contributed by atoms with van der Waals surface area (Å²) in [5.41, 5.74) is 7.64. The normalized spacial score (nSPS) is 12.8. The van der Waals surface area contributed by atoms with Crippen molar-refractivity contribution in [1.82, 2.24) is 4.98 Å². The highest BCUT2D eigenvalue weighted by Crippen LogP contribution is 2.23. The molecule has 0 aliphatic rings. The molecule has 0 aliphatic heterocycles. The van der Waals surface area contributed by atoms with Gasteiger partial charge in [0.1, 0.15) is 5.52 Å². The number of hydrogen-bond acceptors (Lipinski definition) is 5. The van der Waals surface area contributed by atoms with E-state index < -0.39 is 0 Å². The molecule has 0 aliphatic carbocycles. The van der Waals surface area contributed by atoms with Crippen LogP contribution in [0.1, 0.15) is 32.1 Å². The zero-order valence-corrected chi connectivity index (χ0v) is 12.6. The Morgan fingerprint density at radius 1 is 1.48 bits per heavy atom. The molecule has 0 saturated heterocycles. The predicted molar refractivity (Wildman–Crippen MR) is 81.2 cm³/mol. The number of hydrogen-bond donors (Lipinski definition) is 2. The molecule has 0 fully saturated rings. The fraction of sp³-hybridized carbons (Fsp3) is 0.467. The lowest BCUT2D eigenvalue weighted by Crippen LogP contribution is -2.28. The monoisotopic (exact) mass is 291 g/mol. The van der Waals surface area contributed by atoms with Gasteiger partial charge in [0.05, 0.1) is 12.5 Å². The molecule has 114 valence electrons. The molecule has 21 heavy (non-hydrogen) atoms. The number of methoxy groups -OCH3 is 1. The Balaban J connectivity index is 2.10. The minimum Gasteiger partial charge on any atom is -0.440 e. The molecule has 6 heteroatoms. The first-order valence-electron chi connectivity index (χ1n) is 6.96. The molecule has 2 rings (SSSR count). The van der Waals surface area contributed by atoms with Crippen LogP contribution in [0.4, 0.5) is 5.69 Å². The van der Waals surface area contributed by atoms with E-state index in [2.05, 4.69) is 10.3 Å². The van der Waals surface area contributed by atoms with Gasteiger partial charge in [0.15, 0.2) is 11.5 Å². The Morgan fingerprint density at radius 2 is 2.24 bits per heavy atom. The number of fused-ring (bicyclic) bond motifs is 1. The summed E-state index contributed by atoms with van der Waals surface area (Å²) >= 11 is 0. The molecule has 0 saturated carbocycles. The average molecular weight is 291 g/mol. The Hall–Kier alpha value is -1.92. The van der Waals surface area contributed by atoms with Gasteiger partial charge in [-0.2, -0.15) is 0 Å². The standard InChI is InChI=1S/C15H21N3O3/c1-9(2)15-18-12-6-10(4-5-13(12)21-15)17-14(19)7-11(8-16)20-3/h4-6,9,11H,7-8,16H2,1-3H3,(H,17,19). The second-order valence-corrected chi connectivity index (χ2v) is 5.24. The summed E-state index contributed by atoms with van der Waals surface area (Å²) in [5.74, 6) is 0.776. The number of rotatable bonds is 6. The van der Waals surface area contributed by atoms with E-state index in [0.29, 0.717) is 23.7 Å². The first-order valence-corrected chi connectivity index (χ1v) is 6.96. The van der Waals surface area contributed by atoms with Gasteiger partial charge >= 0.3 is 0 Å². The van der Waals surface area contributed by atoms with Crippen molar-refractivity contribution in [2.75, 3.05) is 19.0 Å². The third-order valence-corrected chi connectivity index (χ3v) is 3.19. The van der Waals surface area contributed by atoms with Crippen LogP contribution in [0.25, 0.3) is 11.1 Å². The second-order valence-electron chi connectivity index (χ2n) is 5.24. The summed E-state index contributed by atoms with van der Waals surface area (Å²) in [6.45, 7) is 4.35. The average Bonchev–Trinajstić information content (AvgIpc) is 2.88. The largest absolute Gasteiger partial charge is 0.440 e. The van der Waals surface area contributed by atoms with Crippen molar-refractivity contribution in [2.45, 2.75) is 32.3 Å². The summed E-state index contributed by atoms with van der Waals surface area (Å²) in [5, 5.41) is 2.82. The van der Waals surface area contributed by atoms with E-state index in [1.807, 2.05) is 13.8 Å². The number of amides is 1.